The van der Waals surface area contributed by atoms with E-state index in [1.165, 1.54) is 17.4 Å². The Hall–Kier alpha value is -1.41. The number of aromatic nitrogens is 1. The van der Waals surface area contributed by atoms with Gasteiger partial charge in [0.05, 0.1) is 11.1 Å². The summed E-state index contributed by atoms with van der Waals surface area (Å²) in [5.41, 5.74) is 1.67. The molecule has 106 valence electrons. The number of para-hydroxylation sites is 1. The summed E-state index contributed by atoms with van der Waals surface area (Å²) in [5.74, 6) is 0.981. The van der Waals surface area contributed by atoms with Crippen LogP contribution in [0.2, 0.25) is 0 Å². The fourth-order valence-corrected chi connectivity index (χ4v) is 3.60. The Kier molecular flexibility index (Phi) is 3.51. The van der Waals surface area contributed by atoms with Gasteiger partial charge in [0, 0.05) is 18.0 Å². The maximum atomic E-state index is 11.1. The Morgan fingerprint density at radius 1 is 1.20 bits per heavy atom. The smallest absolute Gasteiger partial charge is 0.0716 e. The summed E-state index contributed by atoms with van der Waals surface area (Å²) in [6, 6.07) is 10.3. The van der Waals surface area contributed by atoms with E-state index in [2.05, 4.69) is 31.0 Å². The summed E-state index contributed by atoms with van der Waals surface area (Å²) >= 11 is 0. The van der Waals surface area contributed by atoms with Crippen LogP contribution in [-0.4, -0.2) is 15.7 Å². The average molecular weight is 269 g/mol. The van der Waals surface area contributed by atoms with Crippen LogP contribution in [0.4, 0.5) is 0 Å². The highest BCUT2D eigenvalue weighted by Gasteiger charge is 2.38. The largest absolute Gasteiger partial charge is 0.389 e. The Morgan fingerprint density at radius 3 is 2.85 bits per heavy atom. The lowest BCUT2D eigenvalue weighted by Gasteiger charge is -2.41. The van der Waals surface area contributed by atoms with Crippen molar-refractivity contribution >= 4 is 10.9 Å². The predicted octanol–water partition coefficient (Wildman–Crippen LogP) is 3.96. The second-order valence-electron chi connectivity index (χ2n) is 6.56. The number of fused-ring (bicyclic) bond motifs is 1. The highest BCUT2D eigenvalue weighted by Crippen LogP contribution is 2.39. The summed E-state index contributed by atoms with van der Waals surface area (Å²) in [7, 11) is 0. The Balaban J connectivity index is 1.96. The van der Waals surface area contributed by atoms with Gasteiger partial charge in [0.15, 0.2) is 0 Å². The molecular formula is C18H23NO. The highest BCUT2D eigenvalue weighted by molar-refractivity contribution is 5.81. The molecule has 3 unspecified atom stereocenters. The zero-order chi connectivity index (χ0) is 14.2. The van der Waals surface area contributed by atoms with Gasteiger partial charge in [0.25, 0.3) is 0 Å². The van der Waals surface area contributed by atoms with E-state index in [0.29, 0.717) is 11.8 Å². The van der Waals surface area contributed by atoms with Crippen LogP contribution in [0.15, 0.2) is 36.5 Å². The van der Waals surface area contributed by atoms with Crippen molar-refractivity contribution < 1.29 is 5.11 Å². The minimum Gasteiger partial charge on any atom is -0.389 e. The van der Waals surface area contributed by atoms with E-state index in [1.54, 1.807) is 0 Å². The summed E-state index contributed by atoms with van der Waals surface area (Å²) in [6.45, 7) is 4.44. The molecule has 1 heterocycles. The van der Waals surface area contributed by atoms with Crippen LogP contribution in [0.1, 0.15) is 38.7 Å². The molecule has 0 bridgehead atoms. The molecule has 1 aliphatic rings. The van der Waals surface area contributed by atoms with Gasteiger partial charge in [-0.25, -0.2) is 0 Å². The van der Waals surface area contributed by atoms with E-state index in [9.17, 15) is 5.11 Å². The molecule has 3 atom stereocenters. The molecule has 1 aromatic carbocycles. The third-order valence-electron chi connectivity index (χ3n) is 4.95. The van der Waals surface area contributed by atoms with Gasteiger partial charge < -0.3 is 5.11 Å². The third kappa shape index (κ3) is 2.45. The molecule has 0 spiro atoms. The average Bonchev–Trinajstić information content (AvgIpc) is 2.44. The van der Waals surface area contributed by atoms with Gasteiger partial charge in [-0.15, -0.1) is 0 Å². The minimum absolute atomic E-state index is 0.366. The Bertz CT molecular complexity index is 604. The molecule has 1 N–H and O–H groups in total. The second kappa shape index (κ2) is 5.17. The molecule has 0 saturated heterocycles. The fraction of sp³-hybridized carbons (Fsp3) is 0.500. The number of rotatable bonds is 2. The van der Waals surface area contributed by atoms with E-state index in [0.717, 1.165) is 24.8 Å². The van der Waals surface area contributed by atoms with Crippen molar-refractivity contribution in [3.05, 3.63) is 42.1 Å². The molecule has 2 nitrogen and oxygen atoms in total. The first-order chi connectivity index (χ1) is 9.58. The second-order valence-corrected chi connectivity index (χ2v) is 6.56. The monoisotopic (exact) mass is 269 g/mol. The number of benzene rings is 1. The van der Waals surface area contributed by atoms with Gasteiger partial charge in [-0.1, -0.05) is 38.5 Å². The highest BCUT2D eigenvalue weighted by atomic mass is 16.3. The number of aliphatic hydroxyl groups is 1. The molecule has 0 radical (unpaired) electrons. The first-order valence-corrected chi connectivity index (χ1v) is 7.63. The predicted molar refractivity (Wildman–Crippen MR) is 82.6 cm³/mol. The van der Waals surface area contributed by atoms with E-state index in [4.69, 9.17) is 0 Å². The van der Waals surface area contributed by atoms with Crippen LogP contribution in [0.3, 0.4) is 0 Å². The van der Waals surface area contributed by atoms with E-state index < -0.39 is 5.60 Å². The van der Waals surface area contributed by atoms with Crippen molar-refractivity contribution in [2.75, 3.05) is 0 Å². The standard InChI is InChI=1S/C18H23NO/c1-13-7-8-14(2)18(20,11-13)12-15-9-10-19-17-6-4-3-5-16(15)17/h3-6,9-10,13-14,20H,7-8,11-12H2,1-2H3. The number of hydrogen-bond donors (Lipinski definition) is 1. The van der Waals surface area contributed by atoms with Crippen molar-refractivity contribution in [3.8, 4) is 0 Å². The normalized spacial score (nSPS) is 30.6. The lowest BCUT2D eigenvalue weighted by molar-refractivity contribution is -0.0557. The van der Waals surface area contributed by atoms with Gasteiger partial charge in [-0.3, -0.25) is 4.98 Å². The van der Waals surface area contributed by atoms with E-state index in [1.807, 2.05) is 24.4 Å². The molecule has 2 aromatic rings. The first kappa shape index (κ1) is 13.6. The van der Waals surface area contributed by atoms with Crippen LogP contribution in [0.25, 0.3) is 10.9 Å². The molecule has 1 aliphatic carbocycles. The number of pyridine rings is 1. The number of nitrogens with zero attached hydrogens (tertiary/aromatic N) is 1. The van der Waals surface area contributed by atoms with Crippen LogP contribution < -0.4 is 0 Å². The van der Waals surface area contributed by atoms with Crippen molar-refractivity contribution in [3.63, 3.8) is 0 Å². The van der Waals surface area contributed by atoms with E-state index >= 15 is 0 Å². The maximum absolute atomic E-state index is 11.1. The van der Waals surface area contributed by atoms with Gasteiger partial charge >= 0.3 is 0 Å². The van der Waals surface area contributed by atoms with Gasteiger partial charge in [-0.05, 0) is 42.4 Å². The number of hydrogen-bond acceptors (Lipinski definition) is 2. The van der Waals surface area contributed by atoms with Crippen LogP contribution >= 0.6 is 0 Å². The third-order valence-corrected chi connectivity index (χ3v) is 4.95. The molecule has 2 heteroatoms. The van der Waals surface area contributed by atoms with E-state index in [-0.39, 0.29) is 0 Å². The lowest BCUT2D eigenvalue weighted by atomic mass is 9.69. The maximum Gasteiger partial charge on any atom is 0.0716 e. The molecule has 0 aliphatic heterocycles. The zero-order valence-electron chi connectivity index (χ0n) is 12.3. The molecule has 1 saturated carbocycles. The van der Waals surface area contributed by atoms with Gasteiger partial charge in [0.1, 0.15) is 0 Å². The van der Waals surface area contributed by atoms with Crippen molar-refractivity contribution in [1.82, 2.24) is 4.98 Å². The van der Waals surface area contributed by atoms with Crippen molar-refractivity contribution in [2.45, 2.75) is 45.1 Å². The lowest BCUT2D eigenvalue weighted by Crippen LogP contribution is -2.43. The summed E-state index contributed by atoms with van der Waals surface area (Å²) in [5, 5.41) is 12.3. The summed E-state index contributed by atoms with van der Waals surface area (Å²) < 4.78 is 0. The van der Waals surface area contributed by atoms with Crippen LogP contribution in [0, 0.1) is 11.8 Å². The SMILES string of the molecule is CC1CCC(C)C(O)(Cc2ccnc3ccccc23)C1. The fourth-order valence-electron chi connectivity index (χ4n) is 3.60. The van der Waals surface area contributed by atoms with Gasteiger partial charge in [0.2, 0.25) is 0 Å². The summed E-state index contributed by atoms with van der Waals surface area (Å²) in [6.07, 6.45) is 5.87. The quantitative estimate of drug-likeness (QED) is 0.895. The Labute approximate surface area is 120 Å². The van der Waals surface area contributed by atoms with Crippen LogP contribution in [-0.2, 0) is 6.42 Å². The minimum atomic E-state index is -0.568. The Morgan fingerprint density at radius 2 is 2.00 bits per heavy atom. The van der Waals surface area contributed by atoms with Crippen molar-refractivity contribution in [1.29, 1.82) is 0 Å². The molecule has 3 rings (SSSR count). The molecule has 1 aromatic heterocycles. The zero-order valence-corrected chi connectivity index (χ0v) is 12.3. The topological polar surface area (TPSA) is 33.1 Å². The van der Waals surface area contributed by atoms with Crippen LogP contribution in [0.5, 0.6) is 0 Å². The molecule has 0 amide bonds. The summed E-state index contributed by atoms with van der Waals surface area (Å²) in [4.78, 5) is 4.41. The van der Waals surface area contributed by atoms with Gasteiger partial charge in [-0.2, -0.15) is 0 Å². The van der Waals surface area contributed by atoms with Crippen molar-refractivity contribution in [2.24, 2.45) is 11.8 Å². The molecule has 20 heavy (non-hydrogen) atoms. The first-order valence-electron chi connectivity index (χ1n) is 7.63. The molecule has 1 fully saturated rings. The molecular weight excluding hydrogens is 246 g/mol.